The summed E-state index contributed by atoms with van der Waals surface area (Å²) in [7, 11) is 1.90. The van der Waals surface area contributed by atoms with Gasteiger partial charge in [-0.3, -0.25) is 4.79 Å². The van der Waals surface area contributed by atoms with Crippen LogP contribution in [0.25, 0.3) is 11.4 Å². The number of rotatable bonds is 5. The third kappa shape index (κ3) is 4.53. The molecule has 0 aliphatic rings. The molecule has 0 radical (unpaired) electrons. The third-order valence-corrected chi connectivity index (χ3v) is 5.32. The van der Waals surface area contributed by atoms with Crippen LogP contribution in [0.5, 0.6) is 0 Å². The van der Waals surface area contributed by atoms with Crippen LogP contribution in [0, 0.1) is 13.8 Å². The highest BCUT2D eigenvalue weighted by molar-refractivity contribution is 9.10. The average Bonchev–Trinajstić information content (AvgIpc) is 2.93. The fourth-order valence-corrected chi connectivity index (χ4v) is 3.64. The summed E-state index contributed by atoms with van der Waals surface area (Å²) in [6.07, 6.45) is 0. The Kier molecular flexibility index (Phi) is 5.78. The highest BCUT2D eigenvalue weighted by atomic mass is 79.9. The lowest BCUT2D eigenvalue weighted by Gasteiger charge is -2.07. The van der Waals surface area contributed by atoms with Crippen molar-refractivity contribution in [3.63, 3.8) is 0 Å². The van der Waals surface area contributed by atoms with Gasteiger partial charge in [-0.25, -0.2) is 0 Å². The van der Waals surface area contributed by atoms with E-state index < -0.39 is 0 Å². The molecular weight excluding hydrogens is 412 g/mol. The Labute approximate surface area is 165 Å². The molecule has 1 N–H and O–H groups in total. The van der Waals surface area contributed by atoms with E-state index in [-0.39, 0.29) is 11.7 Å². The number of thioether (sulfide) groups is 1. The molecule has 3 aromatic rings. The molecule has 0 unspecified atom stereocenters. The largest absolute Gasteiger partial charge is 0.325 e. The van der Waals surface area contributed by atoms with E-state index in [1.807, 2.05) is 61.9 Å². The molecule has 0 saturated heterocycles. The van der Waals surface area contributed by atoms with Crippen LogP contribution in [0.15, 0.2) is 52.1 Å². The number of nitrogens with zero attached hydrogens (tertiary/aromatic N) is 3. The maximum absolute atomic E-state index is 12.2. The SMILES string of the molecule is Cc1cc(C)cc(NC(=O)CSc2nnc(-c3ccc(Br)cc3)n2C)c1. The van der Waals surface area contributed by atoms with Gasteiger partial charge in [-0.2, -0.15) is 0 Å². The Hall–Kier alpha value is -2.12. The highest BCUT2D eigenvalue weighted by Crippen LogP contribution is 2.24. The molecule has 0 fully saturated rings. The standard InChI is InChI=1S/C19H19BrN4OS/c1-12-8-13(2)10-16(9-12)21-17(25)11-26-19-23-22-18(24(19)3)14-4-6-15(20)7-5-14/h4-10H,11H2,1-3H3,(H,21,25). The van der Waals surface area contributed by atoms with E-state index in [9.17, 15) is 4.79 Å². The van der Waals surface area contributed by atoms with Crippen LogP contribution in [-0.4, -0.2) is 26.4 Å². The minimum Gasteiger partial charge on any atom is -0.325 e. The molecule has 134 valence electrons. The summed E-state index contributed by atoms with van der Waals surface area (Å²) in [4.78, 5) is 12.2. The van der Waals surface area contributed by atoms with Crippen molar-refractivity contribution in [3.8, 4) is 11.4 Å². The van der Waals surface area contributed by atoms with Crippen molar-refractivity contribution >= 4 is 39.3 Å². The Balaban J connectivity index is 1.64. The summed E-state index contributed by atoms with van der Waals surface area (Å²) in [5, 5.41) is 12.1. The lowest BCUT2D eigenvalue weighted by molar-refractivity contribution is -0.113. The second-order valence-electron chi connectivity index (χ2n) is 6.09. The monoisotopic (exact) mass is 430 g/mol. The van der Waals surface area contributed by atoms with Crippen molar-refractivity contribution in [1.82, 2.24) is 14.8 Å². The van der Waals surface area contributed by atoms with Crippen molar-refractivity contribution in [2.45, 2.75) is 19.0 Å². The minimum absolute atomic E-state index is 0.0619. The number of hydrogen-bond acceptors (Lipinski definition) is 4. The van der Waals surface area contributed by atoms with E-state index in [1.165, 1.54) is 11.8 Å². The molecule has 0 saturated carbocycles. The van der Waals surface area contributed by atoms with E-state index in [1.54, 1.807) is 0 Å². The summed E-state index contributed by atoms with van der Waals surface area (Å²) in [6.45, 7) is 4.03. The molecule has 1 heterocycles. The Morgan fingerprint density at radius 1 is 1.12 bits per heavy atom. The summed E-state index contributed by atoms with van der Waals surface area (Å²) in [6, 6.07) is 13.9. The van der Waals surface area contributed by atoms with Crippen molar-refractivity contribution in [2.75, 3.05) is 11.1 Å². The van der Waals surface area contributed by atoms with E-state index in [0.29, 0.717) is 5.16 Å². The van der Waals surface area contributed by atoms with Crippen molar-refractivity contribution in [3.05, 3.63) is 58.1 Å². The number of anilines is 1. The Bertz CT molecular complexity index is 917. The van der Waals surface area contributed by atoms with Gasteiger partial charge in [0.05, 0.1) is 5.75 Å². The van der Waals surface area contributed by atoms with Crippen LogP contribution in [0.4, 0.5) is 5.69 Å². The van der Waals surface area contributed by atoms with Gasteiger partial charge in [-0.05, 0) is 49.2 Å². The zero-order valence-corrected chi connectivity index (χ0v) is 17.2. The molecular formula is C19H19BrN4OS. The normalized spacial score (nSPS) is 10.8. The second kappa shape index (κ2) is 8.05. The number of halogens is 1. The third-order valence-electron chi connectivity index (χ3n) is 3.78. The fourth-order valence-electron chi connectivity index (χ4n) is 2.66. The van der Waals surface area contributed by atoms with E-state index in [0.717, 1.165) is 32.7 Å². The smallest absolute Gasteiger partial charge is 0.234 e. The van der Waals surface area contributed by atoms with Crippen molar-refractivity contribution in [2.24, 2.45) is 7.05 Å². The molecule has 7 heteroatoms. The van der Waals surface area contributed by atoms with Gasteiger partial charge in [-0.1, -0.05) is 45.9 Å². The molecule has 3 rings (SSSR count). The number of nitrogens with one attached hydrogen (secondary N) is 1. The lowest BCUT2D eigenvalue weighted by atomic mass is 10.1. The van der Waals surface area contributed by atoms with Crippen molar-refractivity contribution < 1.29 is 4.79 Å². The number of benzene rings is 2. The van der Waals surface area contributed by atoms with Crippen molar-refractivity contribution in [1.29, 1.82) is 0 Å². The van der Waals surface area contributed by atoms with Crippen LogP contribution < -0.4 is 5.32 Å². The van der Waals surface area contributed by atoms with Gasteiger partial charge in [-0.15, -0.1) is 10.2 Å². The summed E-state index contributed by atoms with van der Waals surface area (Å²) in [5.41, 5.74) is 4.05. The van der Waals surface area contributed by atoms with E-state index >= 15 is 0 Å². The number of carbonyl (C=O) groups is 1. The highest BCUT2D eigenvalue weighted by Gasteiger charge is 2.13. The summed E-state index contributed by atoms with van der Waals surface area (Å²) >= 11 is 4.80. The van der Waals surface area contributed by atoms with E-state index in [4.69, 9.17) is 0 Å². The van der Waals surface area contributed by atoms with Crippen LogP contribution in [0.1, 0.15) is 11.1 Å². The Morgan fingerprint density at radius 3 is 2.42 bits per heavy atom. The Morgan fingerprint density at radius 2 is 1.77 bits per heavy atom. The summed E-state index contributed by atoms with van der Waals surface area (Å²) in [5.74, 6) is 0.988. The molecule has 2 aromatic carbocycles. The van der Waals surface area contributed by atoms with Crippen LogP contribution >= 0.6 is 27.7 Å². The molecule has 1 amide bonds. The summed E-state index contributed by atoms with van der Waals surface area (Å²) < 4.78 is 2.92. The number of aromatic nitrogens is 3. The zero-order chi connectivity index (χ0) is 18.7. The maximum atomic E-state index is 12.2. The topological polar surface area (TPSA) is 59.8 Å². The van der Waals surface area contributed by atoms with Gasteiger partial charge < -0.3 is 9.88 Å². The molecule has 0 atom stereocenters. The predicted octanol–water partition coefficient (Wildman–Crippen LogP) is 4.59. The molecule has 0 spiro atoms. The second-order valence-corrected chi connectivity index (χ2v) is 7.94. The molecule has 26 heavy (non-hydrogen) atoms. The number of hydrogen-bond donors (Lipinski definition) is 1. The molecule has 0 aliphatic heterocycles. The minimum atomic E-state index is -0.0619. The number of carbonyl (C=O) groups excluding carboxylic acids is 1. The molecule has 0 bridgehead atoms. The first kappa shape index (κ1) is 18.7. The van der Waals surface area contributed by atoms with E-state index in [2.05, 4.69) is 37.5 Å². The predicted molar refractivity (Wildman–Crippen MR) is 109 cm³/mol. The van der Waals surface area contributed by atoms with Crippen LogP contribution in [0.2, 0.25) is 0 Å². The van der Waals surface area contributed by atoms with Gasteiger partial charge >= 0.3 is 0 Å². The molecule has 0 aliphatic carbocycles. The average molecular weight is 431 g/mol. The quantitative estimate of drug-likeness (QED) is 0.601. The number of amides is 1. The first-order chi connectivity index (χ1) is 12.4. The first-order valence-electron chi connectivity index (χ1n) is 8.08. The van der Waals surface area contributed by atoms with Gasteiger partial charge in [0.25, 0.3) is 0 Å². The molecule has 5 nitrogen and oxygen atoms in total. The lowest BCUT2D eigenvalue weighted by Crippen LogP contribution is -2.14. The number of aryl methyl sites for hydroxylation is 2. The first-order valence-corrected chi connectivity index (χ1v) is 9.86. The van der Waals surface area contributed by atoms with Gasteiger partial charge in [0.15, 0.2) is 11.0 Å². The van der Waals surface area contributed by atoms with Crippen LogP contribution in [-0.2, 0) is 11.8 Å². The van der Waals surface area contributed by atoms with Gasteiger partial charge in [0.2, 0.25) is 5.91 Å². The zero-order valence-electron chi connectivity index (χ0n) is 14.8. The van der Waals surface area contributed by atoms with Gasteiger partial charge in [0.1, 0.15) is 0 Å². The van der Waals surface area contributed by atoms with Crippen LogP contribution in [0.3, 0.4) is 0 Å². The molecule has 1 aromatic heterocycles. The van der Waals surface area contributed by atoms with Gasteiger partial charge in [0, 0.05) is 22.8 Å². The fraction of sp³-hybridized carbons (Fsp3) is 0.211. The maximum Gasteiger partial charge on any atom is 0.234 e.